The fourth-order valence-corrected chi connectivity index (χ4v) is 0.418. The van der Waals surface area contributed by atoms with Crippen LogP contribution in [0.15, 0.2) is 0 Å². The molecule has 1 rings (SSSR count). The van der Waals surface area contributed by atoms with E-state index >= 15 is 0 Å². The molecule has 0 aliphatic carbocycles. The quantitative estimate of drug-likeness (QED) is 0.480. The van der Waals surface area contributed by atoms with Crippen molar-refractivity contribution in [3.63, 3.8) is 0 Å². The van der Waals surface area contributed by atoms with Gasteiger partial charge in [-0.15, -0.1) is 0 Å². The molecule has 0 bridgehead atoms. The standard InChI is InChI=1S/C4H6O3.C2H5O/c1-3-2-6-4(5)7-3;1-2-3/h3H,2H2,1H3;2H2,1H3. The Morgan fingerprint density at radius 3 is 2.30 bits per heavy atom. The minimum atomic E-state index is -0.549. The zero-order valence-corrected chi connectivity index (χ0v) is 6.12. The van der Waals surface area contributed by atoms with E-state index in [1.165, 1.54) is 0 Å². The lowest BCUT2D eigenvalue weighted by Gasteiger charge is -1.90. The van der Waals surface area contributed by atoms with E-state index in [0.29, 0.717) is 6.61 Å². The molecule has 10 heavy (non-hydrogen) atoms. The van der Waals surface area contributed by atoms with Crippen molar-refractivity contribution in [3.05, 3.63) is 0 Å². The van der Waals surface area contributed by atoms with Crippen LogP contribution >= 0.6 is 0 Å². The van der Waals surface area contributed by atoms with Crippen LogP contribution in [0.25, 0.3) is 0 Å². The molecule has 0 aromatic heterocycles. The Bertz CT molecular complexity index is 102. The molecule has 4 nitrogen and oxygen atoms in total. The van der Waals surface area contributed by atoms with Crippen LogP contribution in [0, 0.1) is 0 Å². The minimum absolute atomic E-state index is 0. The monoisotopic (exact) mass is 147 g/mol. The first-order valence-corrected chi connectivity index (χ1v) is 3.12. The molecule has 1 aliphatic heterocycles. The van der Waals surface area contributed by atoms with Crippen molar-refractivity contribution >= 4 is 6.16 Å². The summed E-state index contributed by atoms with van der Waals surface area (Å²) in [5.74, 6) is 0. The van der Waals surface area contributed by atoms with Gasteiger partial charge >= 0.3 is 6.16 Å². The highest BCUT2D eigenvalue weighted by Crippen LogP contribution is 2.02. The van der Waals surface area contributed by atoms with E-state index in [4.69, 9.17) is 5.11 Å². The van der Waals surface area contributed by atoms with Gasteiger partial charge in [0.25, 0.3) is 0 Å². The Labute approximate surface area is 59.7 Å². The maximum Gasteiger partial charge on any atom is 0.508 e. The minimum Gasteiger partial charge on any atom is -0.430 e. The van der Waals surface area contributed by atoms with Gasteiger partial charge in [0.15, 0.2) is 0 Å². The third-order valence-electron chi connectivity index (χ3n) is 0.733. The molecule has 1 unspecified atom stereocenters. The van der Waals surface area contributed by atoms with E-state index in [1.54, 1.807) is 13.8 Å². The van der Waals surface area contributed by atoms with E-state index < -0.39 is 6.16 Å². The summed E-state index contributed by atoms with van der Waals surface area (Å²) in [6.45, 7) is 3.75. The summed E-state index contributed by atoms with van der Waals surface area (Å²) in [5.41, 5.74) is 0. The number of cyclic esters (lactones) is 2. The van der Waals surface area contributed by atoms with Crippen molar-refractivity contribution < 1.29 is 19.4 Å². The number of carbonyl (C=O) groups is 1. The number of carbonyl (C=O) groups excluding carboxylic acids is 1. The SMILES string of the molecule is CC1COC(=O)O1.CC[O]. The molecule has 1 fully saturated rings. The topological polar surface area (TPSA) is 55.4 Å². The van der Waals surface area contributed by atoms with Crippen LogP contribution in [0.2, 0.25) is 0 Å². The summed E-state index contributed by atoms with van der Waals surface area (Å²) in [6, 6.07) is 0. The molecule has 0 aromatic rings. The largest absolute Gasteiger partial charge is 0.508 e. The Kier molecular flexibility index (Phi) is 4.66. The molecule has 1 heterocycles. The third kappa shape index (κ3) is 4.14. The molecule has 0 amide bonds. The van der Waals surface area contributed by atoms with E-state index in [2.05, 4.69) is 9.47 Å². The lowest BCUT2D eigenvalue weighted by atomic mass is 10.5. The normalized spacial score (nSPS) is 22.3. The molecule has 0 saturated carbocycles. The van der Waals surface area contributed by atoms with Gasteiger partial charge in [-0.3, -0.25) is 0 Å². The van der Waals surface area contributed by atoms with Crippen molar-refractivity contribution in [2.45, 2.75) is 20.0 Å². The first-order valence-electron chi connectivity index (χ1n) is 3.12. The van der Waals surface area contributed by atoms with Crippen LogP contribution in [-0.4, -0.2) is 25.5 Å². The zero-order chi connectivity index (χ0) is 7.98. The predicted molar refractivity (Wildman–Crippen MR) is 33.1 cm³/mol. The molecule has 59 valence electrons. The Morgan fingerprint density at radius 2 is 2.20 bits per heavy atom. The average Bonchev–Trinajstić information content (AvgIpc) is 2.17. The second-order valence-corrected chi connectivity index (χ2v) is 1.78. The van der Waals surface area contributed by atoms with Gasteiger partial charge in [0.2, 0.25) is 0 Å². The van der Waals surface area contributed by atoms with E-state index in [9.17, 15) is 4.79 Å². The Hall–Kier alpha value is -0.770. The smallest absolute Gasteiger partial charge is 0.430 e. The van der Waals surface area contributed by atoms with Gasteiger partial charge in [0.05, 0.1) is 6.61 Å². The number of hydrogen-bond donors (Lipinski definition) is 0. The summed E-state index contributed by atoms with van der Waals surface area (Å²) >= 11 is 0. The molecule has 4 heteroatoms. The molecular formula is C6H11O4. The fraction of sp³-hybridized carbons (Fsp3) is 0.833. The fourth-order valence-electron chi connectivity index (χ4n) is 0.418. The first-order chi connectivity index (χ1) is 4.70. The van der Waals surface area contributed by atoms with Crippen molar-refractivity contribution in [1.29, 1.82) is 0 Å². The number of ether oxygens (including phenoxy) is 2. The maximum atomic E-state index is 10.0. The Balaban J connectivity index is 0.000000236. The molecular weight excluding hydrogens is 136 g/mol. The molecule has 0 spiro atoms. The lowest BCUT2D eigenvalue weighted by Crippen LogP contribution is -2.01. The van der Waals surface area contributed by atoms with Crippen LogP contribution < -0.4 is 0 Å². The van der Waals surface area contributed by atoms with Gasteiger partial charge in [0, 0.05) is 0 Å². The summed E-state index contributed by atoms with van der Waals surface area (Å²) in [4.78, 5) is 10.0. The summed E-state index contributed by atoms with van der Waals surface area (Å²) in [6.07, 6.45) is -0.597. The summed E-state index contributed by atoms with van der Waals surface area (Å²) < 4.78 is 8.90. The highest BCUT2D eigenvalue weighted by atomic mass is 16.8. The second kappa shape index (κ2) is 5.05. The zero-order valence-electron chi connectivity index (χ0n) is 6.12. The molecule has 1 saturated heterocycles. The van der Waals surface area contributed by atoms with Crippen LogP contribution in [-0.2, 0) is 14.6 Å². The number of rotatable bonds is 0. The second-order valence-electron chi connectivity index (χ2n) is 1.78. The van der Waals surface area contributed by atoms with Crippen molar-refractivity contribution in [1.82, 2.24) is 0 Å². The summed E-state index contributed by atoms with van der Waals surface area (Å²) in [5, 5.41) is 8.93. The lowest BCUT2D eigenvalue weighted by molar-refractivity contribution is 0.121. The molecule has 1 aliphatic rings. The number of hydrogen-bond acceptors (Lipinski definition) is 3. The van der Waals surface area contributed by atoms with Crippen LogP contribution in [0.4, 0.5) is 4.79 Å². The summed E-state index contributed by atoms with van der Waals surface area (Å²) in [7, 11) is 0. The average molecular weight is 147 g/mol. The van der Waals surface area contributed by atoms with E-state index in [0.717, 1.165) is 0 Å². The van der Waals surface area contributed by atoms with Gasteiger partial charge in [-0.25, -0.2) is 9.90 Å². The molecule has 1 radical (unpaired) electrons. The molecule has 0 aromatic carbocycles. The van der Waals surface area contributed by atoms with Gasteiger partial charge in [-0.05, 0) is 13.8 Å². The highest BCUT2D eigenvalue weighted by Gasteiger charge is 2.19. The molecule has 0 N–H and O–H groups in total. The van der Waals surface area contributed by atoms with Crippen molar-refractivity contribution in [2.24, 2.45) is 0 Å². The maximum absolute atomic E-state index is 10.0. The predicted octanol–water partition coefficient (Wildman–Crippen LogP) is 0.979. The van der Waals surface area contributed by atoms with Gasteiger partial charge in [0.1, 0.15) is 12.7 Å². The van der Waals surface area contributed by atoms with Crippen LogP contribution in [0.3, 0.4) is 0 Å². The highest BCUT2D eigenvalue weighted by molar-refractivity contribution is 5.61. The Morgan fingerprint density at radius 1 is 1.70 bits per heavy atom. The van der Waals surface area contributed by atoms with E-state index in [1.807, 2.05) is 0 Å². The van der Waals surface area contributed by atoms with Crippen molar-refractivity contribution in [3.8, 4) is 0 Å². The van der Waals surface area contributed by atoms with Gasteiger partial charge < -0.3 is 9.47 Å². The van der Waals surface area contributed by atoms with Gasteiger partial charge in [-0.2, -0.15) is 0 Å². The van der Waals surface area contributed by atoms with Crippen molar-refractivity contribution in [2.75, 3.05) is 13.2 Å². The van der Waals surface area contributed by atoms with E-state index in [-0.39, 0.29) is 12.7 Å². The first kappa shape index (κ1) is 9.23. The van der Waals surface area contributed by atoms with Crippen LogP contribution in [0.1, 0.15) is 13.8 Å². The van der Waals surface area contributed by atoms with Gasteiger partial charge in [-0.1, -0.05) is 0 Å². The third-order valence-corrected chi connectivity index (χ3v) is 0.733. The molecule has 1 atom stereocenters. The van der Waals surface area contributed by atoms with Crippen LogP contribution in [0.5, 0.6) is 0 Å².